The minimum Gasteiger partial charge on any atom is -0.291 e. The molecule has 0 N–H and O–H groups in total. The van der Waals surface area contributed by atoms with E-state index in [1.807, 2.05) is 0 Å². The largest absolute Gasteiger partial charge is 0.291 e. The van der Waals surface area contributed by atoms with Crippen LogP contribution >= 0.6 is 0 Å². The number of nitrogens with zero attached hydrogens (tertiary/aromatic N) is 2. The monoisotopic (exact) mass is 196 g/mol. The third-order valence-electron chi connectivity index (χ3n) is 1.41. The SMILES string of the molecule is CC(C)(C)CN=CC=NCC(C)(C)C. The lowest BCUT2D eigenvalue weighted by atomic mass is 9.97. The second-order valence-corrected chi connectivity index (χ2v) is 6.10. The van der Waals surface area contributed by atoms with E-state index < -0.39 is 0 Å². The highest BCUT2D eigenvalue weighted by atomic mass is 14.8. The van der Waals surface area contributed by atoms with Crippen LogP contribution in [0.5, 0.6) is 0 Å². The molecule has 0 saturated carbocycles. The van der Waals surface area contributed by atoms with Crippen molar-refractivity contribution in [2.45, 2.75) is 41.5 Å². The van der Waals surface area contributed by atoms with E-state index in [-0.39, 0.29) is 10.8 Å². The fourth-order valence-corrected chi connectivity index (χ4v) is 0.747. The molecule has 82 valence electrons. The smallest absolute Gasteiger partial charge is 0.0438 e. The van der Waals surface area contributed by atoms with Gasteiger partial charge in [-0.3, -0.25) is 9.98 Å². The van der Waals surface area contributed by atoms with Gasteiger partial charge in [-0.05, 0) is 10.8 Å². The van der Waals surface area contributed by atoms with E-state index in [4.69, 9.17) is 0 Å². The summed E-state index contributed by atoms with van der Waals surface area (Å²) in [7, 11) is 0. The van der Waals surface area contributed by atoms with E-state index in [1.165, 1.54) is 0 Å². The van der Waals surface area contributed by atoms with Crippen LogP contribution in [0.4, 0.5) is 0 Å². The molecule has 0 rings (SSSR count). The van der Waals surface area contributed by atoms with E-state index >= 15 is 0 Å². The van der Waals surface area contributed by atoms with E-state index in [9.17, 15) is 0 Å². The Morgan fingerprint density at radius 1 is 0.714 bits per heavy atom. The number of hydrogen-bond acceptors (Lipinski definition) is 2. The lowest BCUT2D eigenvalue weighted by molar-refractivity contribution is 0.429. The molecule has 0 atom stereocenters. The summed E-state index contributed by atoms with van der Waals surface area (Å²) >= 11 is 0. The first kappa shape index (κ1) is 13.3. The van der Waals surface area contributed by atoms with Gasteiger partial charge in [0.05, 0.1) is 0 Å². The van der Waals surface area contributed by atoms with Crippen LogP contribution in [0, 0.1) is 10.8 Å². The van der Waals surface area contributed by atoms with E-state index in [2.05, 4.69) is 51.5 Å². The van der Waals surface area contributed by atoms with Crippen molar-refractivity contribution in [3.63, 3.8) is 0 Å². The average Bonchev–Trinajstić information content (AvgIpc) is 1.92. The molecule has 0 spiro atoms. The Morgan fingerprint density at radius 3 is 1.21 bits per heavy atom. The zero-order valence-corrected chi connectivity index (χ0v) is 10.5. The summed E-state index contributed by atoms with van der Waals surface area (Å²) in [5.41, 5.74) is 0.544. The van der Waals surface area contributed by atoms with Crippen LogP contribution in [0.25, 0.3) is 0 Å². The van der Waals surface area contributed by atoms with Crippen LogP contribution in [0.3, 0.4) is 0 Å². The Balaban J connectivity index is 3.73. The molecule has 0 aromatic heterocycles. The van der Waals surface area contributed by atoms with E-state index in [0.717, 1.165) is 13.1 Å². The zero-order chi connectivity index (χ0) is 11.2. The van der Waals surface area contributed by atoms with Gasteiger partial charge in [0, 0.05) is 25.5 Å². The van der Waals surface area contributed by atoms with E-state index in [0.29, 0.717) is 0 Å². The van der Waals surface area contributed by atoms with Gasteiger partial charge in [0.15, 0.2) is 0 Å². The van der Waals surface area contributed by atoms with Crippen LogP contribution in [0.15, 0.2) is 9.98 Å². The van der Waals surface area contributed by atoms with Crippen molar-refractivity contribution in [1.82, 2.24) is 0 Å². The van der Waals surface area contributed by atoms with Crippen LogP contribution in [0.1, 0.15) is 41.5 Å². The summed E-state index contributed by atoms with van der Waals surface area (Å²) in [5.74, 6) is 0. The van der Waals surface area contributed by atoms with Crippen molar-refractivity contribution in [2.75, 3.05) is 13.1 Å². The van der Waals surface area contributed by atoms with Crippen LogP contribution in [-0.2, 0) is 0 Å². The van der Waals surface area contributed by atoms with Crippen LogP contribution < -0.4 is 0 Å². The van der Waals surface area contributed by atoms with Gasteiger partial charge in [-0.25, -0.2) is 0 Å². The molecule has 0 unspecified atom stereocenters. The number of rotatable bonds is 3. The molecule has 0 saturated heterocycles. The Hall–Kier alpha value is -0.660. The first-order valence-corrected chi connectivity index (χ1v) is 5.19. The van der Waals surface area contributed by atoms with Gasteiger partial charge in [0.25, 0.3) is 0 Å². The second-order valence-electron chi connectivity index (χ2n) is 6.10. The fourth-order valence-electron chi connectivity index (χ4n) is 0.747. The third-order valence-corrected chi connectivity index (χ3v) is 1.41. The normalized spacial score (nSPS) is 14.4. The Bertz CT molecular complexity index is 177. The molecule has 0 aliphatic heterocycles. The predicted molar refractivity (Wildman–Crippen MR) is 65.6 cm³/mol. The Morgan fingerprint density at radius 2 is 1.00 bits per heavy atom. The minimum absolute atomic E-state index is 0.272. The molecular formula is C12H24N2. The van der Waals surface area contributed by atoms with Crippen molar-refractivity contribution in [3.8, 4) is 0 Å². The summed E-state index contributed by atoms with van der Waals surface area (Å²) in [4.78, 5) is 8.58. The van der Waals surface area contributed by atoms with Crippen molar-refractivity contribution in [3.05, 3.63) is 0 Å². The molecule has 2 heteroatoms. The molecule has 0 aliphatic carbocycles. The highest BCUT2D eigenvalue weighted by Gasteiger charge is 2.07. The van der Waals surface area contributed by atoms with Crippen molar-refractivity contribution in [2.24, 2.45) is 20.8 Å². The van der Waals surface area contributed by atoms with Crippen LogP contribution in [0.2, 0.25) is 0 Å². The molecule has 0 radical (unpaired) electrons. The van der Waals surface area contributed by atoms with Gasteiger partial charge in [-0.1, -0.05) is 41.5 Å². The molecule has 14 heavy (non-hydrogen) atoms. The number of hydrogen-bond donors (Lipinski definition) is 0. The van der Waals surface area contributed by atoms with Gasteiger partial charge in [0.2, 0.25) is 0 Å². The van der Waals surface area contributed by atoms with Crippen molar-refractivity contribution >= 4 is 12.4 Å². The van der Waals surface area contributed by atoms with E-state index in [1.54, 1.807) is 12.4 Å². The van der Waals surface area contributed by atoms with Gasteiger partial charge in [-0.2, -0.15) is 0 Å². The third kappa shape index (κ3) is 11.3. The zero-order valence-electron chi connectivity index (χ0n) is 10.5. The summed E-state index contributed by atoms with van der Waals surface area (Å²) in [6, 6.07) is 0. The van der Waals surface area contributed by atoms with Crippen molar-refractivity contribution < 1.29 is 0 Å². The predicted octanol–water partition coefficient (Wildman–Crippen LogP) is 3.22. The summed E-state index contributed by atoms with van der Waals surface area (Å²) in [6.45, 7) is 14.8. The lowest BCUT2D eigenvalue weighted by Gasteiger charge is -2.14. The molecule has 2 nitrogen and oxygen atoms in total. The minimum atomic E-state index is 0.272. The van der Waals surface area contributed by atoms with Gasteiger partial charge in [0.1, 0.15) is 0 Å². The molecule has 0 amide bonds. The van der Waals surface area contributed by atoms with Gasteiger partial charge in [-0.15, -0.1) is 0 Å². The molecule has 0 aromatic rings. The fraction of sp³-hybridized carbons (Fsp3) is 0.833. The highest BCUT2D eigenvalue weighted by Crippen LogP contribution is 2.12. The summed E-state index contributed by atoms with van der Waals surface area (Å²) in [5, 5.41) is 0. The van der Waals surface area contributed by atoms with Gasteiger partial charge >= 0.3 is 0 Å². The molecule has 0 aromatic carbocycles. The quantitative estimate of drug-likeness (QED) is 0.619. The lowest BCUT2D eigenvalue weighted by Crippen LogP contribution is -2.10. The second kappa shape index (κ2) is 5.28. The summed E-state index contributed by atoms with van der Waals surface area (Å²) in [6.07, 6.45) is 3.61. The average molecular weight is 196 g/mol. The first-order valence-electron chi connectivity index (χ1n) is 5.19. The highest BCUT2D eigenvalue weighted by molar-refractivity contribution is 6.16. The molecule has 0 heterocycles. The Kier molecular flexibility index (Phi) is 5.03. The van der Waals surface area contributed by atoms with Crippen molar-refractivity contribution in [1.29, 1.82) is 0 Å². The maximum Gasteiger partial charge on any atom is 0.0438 e. The molecular weight excluding hydrogens is 172 g/mol. The standard InChI is InChI=1S/C12H24N2/c1-11(2,3)9-13-7-8-14-10-12(4,5)6/h7-8H,9-10H2,1-6H3. The molecule has 0 bridgehead atoms. The Labute approximate surface area is 88.5 Å². The van der Waals surface area contributed by atoms with Gasteiger partial charge < -0.3 is 0 Å². The molecule has 0 fully saturated rings. The van der Waals surface area contributed by atoms with Crippen LogP contribution in [-0.4, -0.2) is 25.5 Å². The topological polar surface area (TPSA) is 24.7 Å². The maximum absolute atomic E-state index is 4.29. The number of aliphatic imine (C=N–C) groups is 2. The molecule has 0 aliphatic rings. The first-order chi connectivity index (χ1) is 6.21. The summed E-state index contributed by atoms with van der Waals surface area (Å²) < 4.78 is 0. The maximum atomic E-state index is 4.29.